The zero-order valence-corrected chi connectivity index (χ0v) is 21.8. The number of amides is 1. The molecule has 1 N–H and O–H groups in total. The molecule has 1 unspecified atom stereocenters. The van der Waals surface area contributed by atoms with Crippen LogP contribution in [0.2, 0.25) is 0 Å². The third-order valence-electron chi connectivity index (χ3n) is 6.18. The maximum atomic E-state index is 13.3. The van der Waals surface area contributed by atoms with Crippen molar-refractivity contribution < 1.29 is 23.9 Å². The van der Waals surface area contributed by atoms with Crippen LogP contribution in [-0.2, 0) is 36.7 Å². The Morgan fingerprint density at radius 1 is 0.865 bits per heavy atom. The fourth-order valence-electron chi connectivity index (χ4n) is 4.20. The molecule has 0 fully saturated rings. The van der Waals surface area contributed by atoms with Gasteiger partial charge in [-0.05, 0) is 30.4 Å². The second kappa shape index (κ2) is 17.9. The predicted octanol–water partition coefficient (Wildman–Crippen LogP) is 4.70. The topological polar surface area (TPSA) is 81.7 Å². The first kappa shape index (κ1) is 29.8. The average Bonchev–Trinajstić information content (AvgIpc) is 2.92. The van der Waals surface area contributed by atoms with Crippen LogP contribution in [-0.4, -0.2) is 44.0 Å². The Hall–Kier alpha value is -3.43. The van der Waals surface area contributed by atoms with E-state index < -0.39 is 17.9 Å². The summed E-state index contributed by atoms with van der Waals surface area (Å²) in [6.07, 6.45) is 11.3. The molecule has 0 spiro atoms. The number of hydrogen-bond donors (Lipinski definition) is 1. The molecule has 0 aliphatic carbocycles. The second-order valence-corrected chi connectivity index (χ2v) is 9.18. The standard InChI is InChI=1S/C31H39NO5/c1-3-20-37-21-14-6-4-5-13-19-28(33)24-27(22-25-15-9-7-10-16-25)30(34)32-29(31(35)36-2)23-26-17-11-8-12-18-26/h1,7-12,15-18,27,29H,4-6,13-14,19-24H2,2H3,(H,32,34)/t27?,29-/m0/s1. The highest BCUT2D eigenvalue weighted by Crippen LogP contribution is 2.17. The lowest BCUT2D eigenvalue weighted by Crippen LogP contribution is -2.46. The Morgan fingerprint density at radius 3 is 2.08 bits per heavy atom. The van der Waals surface area contributed by atoms with E-state index in [1.807, 2.05) is 60.7 Å². The van der Waals surface area contributed by atoms with Gasteiger partial charge in [0, 0.05) is 31.8 Å². The van der Waals surface area contributed by atoms with Crippen molar-refractivity contribution in [1.29, 1.82) is 0 Å². The van der Waals surface area contributed by atoms with Crippen LogP contribution in [0.25, 0.3) is 0 Å². The molecule has 0 radical (unpaired) electrons. The molecule has 0 heterocycles. The maximum absolute atomic E-state index is 13.3. The number of carbonyl (C=O) groups excluding carboxylic acids is 3. The molecular weight excluding hydrogens is 466 g/mol. The Bertz CT molecular complexity index is 984. The van der Waals surface area contributed by atoms with Crippen LogP contribution in [0, 0.1) is 18.3 Å². The van der Waals surface area contributed by atoms with Crippen molar-refractivity contribution in [2.75, 3.05) is 20.3 Å². The summed E-state index contributed by atoms with van der Waals surface area (Å²) in [6, 6.07) is 18.3. The number of nitrogens with one attached hydrogen (secondary N) is 1. The van der Waals surface area contributed by atoms with Crippen LogP contribution in [0.4, 0.5) is 0 Å². The minimum absolute atomic E-state index is 0.0612. The van der Waals surface area contributed by atoms with Gasteiger partial charge >= 0.3 is 5.97 Å². The number of rotatable bonds is 18. The van der Waals surface area contributed by atoms with Gasteiger partial charge in [0.25, 0.3) is 0 Å². The van der Waals surface area contributed by atoms with Crippen LogP contribution < -0.4 is 5.32 Å². The van der Waals surface area contributed by atoms with Gasteiger partial charge < -0.3 is 14.8 Å². The number of unbranched alkanes of at least 4 members (excludes halogenated alkanes) is 4. The summed E-state index contributed by atoms with van der Waals surface area (Å²) >= 11 is 0. The molecule has 0 bridgehead atoms. The molecule has 2 atom stereocenters. The van der Waals surface area contributed by atoms with Gasteiger partial charge in [-0.25, -0.2) is 4.79 Å². The van der Waals surface area contributed by atoms with Gasteiger partial charge in [-0.1, -0.05) is 85.8 Å². The lowest BCUT2D eigenvalue weighted by atomic mass is 9.91. The highest BCUT2D eigenvalue weighted by Gasteiger charge is 2.28. The smallest absolute Gasteiger partial charge is 0.328 e. The first-order chi connectivity index (χ1) is 18.0. The molecule has 0 aromatic heterocycles. The van der Waals surface area contributed by atoms with Gasteiger partial charge in [0.05, 0.1) is 7.11 Å². The molecule has 0 saturated heterocycles. The van der Waals surface area contributed by atoms with Crippen molar-refractivity contribution in [2.24, 2.45) is 5.92 Å². The van der Waals surface area contributed by atoms with Crippen molar-refractivity contribution >= 4 is 17.7 Å². The van der Waals surface area contributed by atoms with Crippen LogP contribution in [0.5, 0.6) is 0 Å². The summed E-state index contributed by atoms with van der Waals surface area (Å²) in [5.74, 6) is 1.13. The fraction of sp³-hybridized carbons (Fsp3) is 0.452. The first-order valence-corrected chi connectivity index (χ1v) is 13.0. The number of carbonyl (C=O) groups is 3. The van der Waals surface area contributed by atoms with Crippen LogP contribution in [0.3, 0.4) is 0 Å². The molecule has 2 aromatic carbocycles. The predicted molar refractivity (Wildman–Crippen MR) is 145 cm³/mol. The van der Waals surface area contributed by atoms with Crippen LogP contribution in [0.1, 0.15) is 56.1 Å². The quantitative estimate of drug-likeness (QED) is 0.181. The Labute approximate surface area is 221 Å². The molecule has 2 rings (SSSR count). The van der Waals surface area contributed by atoms with Crippen LogP contribution in [0.15, 0.2) is 60.7 Å². The van der Waals surface area contributed by atoms with Gasteiger partial charge in [0.15, 0.2) is 0 Å². The van der Waals surface area contributed by atoms with Crippen molar-refractivity contribution in [3.63, 3.8) is 0 Å². The van der Waals surface area contributed by atoms with E-state index >= 15 is 0 Å². The van der Waals surface area contributed by atoms with Crippen molar-refractivity contribution in [2.45, 2.75) is 63.8 Å². The first-order valence-electron chi connectivity index (χ1n) is 13.0. The van der Waals surface area contributed by atoms with E-state index in [-0.39, 0.29) is 18.1 Å². The number of hydrogen-bond acceptors (Lipinski definition) is 5. The van der Waals surface area contributed by atoms with E-state index in [1.54, 1.807) is 0 Å². The fourth-order valence-corrected chi connectivity index (χ4v) is 4.20. The highest BCUT2D eigenvalue weighted by atomic mass is 16.5. The molecule has 0 aliphatic heterocycles. The number of methoxy groups -OCH3 is 1. The minimum atomic E-state index is -0.821. The van der Waals surface area contributed by atoms with Crippen molar-refractivity contribution in [3.8, 4) is 12.3 Å². The molecule has 6 nitrogen and oxygen atoms in total. The van der Waals surface area contributed by atoms with Crippen molar-refractivity contribution in [1.82, 2.24) is 5.32 Å². The van der Waals surface area contributed by atoms with Crippen LogP contribution >= 0.6 is 0 Å². The van der Waals surface area contributed by atoms with Gasteiger partial charge in [-0.3, -0.25) is 9.59 Å². The largest absolute Gasteiger partial charge is 0.467 e. The third kappa shape index (κ3) is 12.4. The van der Waals surface area contributed by atoms with E-state index in [0.29, 0.717) is 32.5 Å². The molecule has 0 saturated carbocycles. The summed E-state index contributed by atoms with van der Waals surface area (Å²) in [7, 11) is 1.31. The zero-order valence-electron chi connectivity index (χ0n) is 21.8. The summed E-state index contributed by atoms with van der Waals surface area (Å²) < 4.78 is 10.2. The normalized spacial score (nSPS) is 12.2. The SMILES string of the molecule is C#CCOCCCCCCCC(=O)CC(Cc1ccccc1)C(=O)N[C@@H](Cc1ccccc1)C(=O)OC. The molecule has 37 heavy (non-hydrogen) atoms. The molecular formula is C31H39NO5. The molecule has 2 aromatic rings. The van der Waals surface area contributed by atoms with E-state index in [4.69, 9.17) is 15.9 Å². The van der Waals surface area contributed by atoms with Gasteiger partial charge in [0.1, 0.15) is 18.4 Å². The molecule has 1 amide bonds. The number of esters is 1. The van der Waals surface area contributed by atoms with E-state index in [2.05, 4.69) is 11.2 Å². The lowest BCUT2D eigenvalue weighted by Gasteiger charge is -2.21. The monoisotopic (exact) mass is 505 g/mol. The Morgan fingerprint density at radius 2 is 1.46 bits per heavy atom. The average molecular weight is 506 g/mol. The molecule has 198 valence electrons. The van der Waals surface area contributed by atoms with Gasteiger partial charge in [-0.2, -0.15) is 0 Å². The Kier molecular flexibility index (Phi) is 14.4. The van der Waals surface area contributed by atoms with E-state index in [9.17, 15) is 14.4 Å². The van der Waals surface area contributed by atoms with Crippen molar-refractivity contribution in [3.05, 3.63) is 71.8 Å². The summed E-state index contributed by atoms with van der Waals surface area (Å²) in [4.78, 5) is 38.6. The minimum Gasteiger partial charge on any atom is -0.467 e. The molecule has 6 heteroatoms. The number of benzene rings is 2. The summed E-state index contributed by atoms with van der Waals surface area (Å²) in [5.41, 5.74) is 1.89. The van der Waals surface area contributed by atoms with E-state index in [1.165, 1.54) is 7.11 Å². The highest BCUT2D eigenvalue weighted by molar-refractivity contribution is 5.90. The third-order valence-corrected chi connectivity index (χ3v) is 6.18. The number of Topliss-reactive ketones (excluding diaryl/α,β-unsaturated/α-hetero) is 1. The second-order valence-electron chi connectivity index (χ2n) is 9.18. The number of ketones is 1. The van der Waals surface area contributed by atoms with Gasteiger partial charge in [0.2, 0.25) is 5.91 Å². The lowest BCUT2D eigenvalue weighted by molar-refractivity contribution is -0.145. The maximum Gasteiger partial charge on any atom is 0.328 e. The summed E-state index contributed by atoms with van der Waals surface area (Å²) in [6.45, 7) is 1.01. The number of ether oxygens (including phenoxy) is 2. The molecule has 0 aliphatic rings. The van der Waals surface area contributed by atoms with Gasteiger partial charge in [-0.15, -0.1) is 6.42 Å². The van der Waals surface area contributed by atoms with E-state index in [0.717, 1.165) is 43.2 Å². The Balaban J connectivity index is 1.93. The number of terminal acetylenes is 1. The zero-order chi connectivity index (χ0) is 26.7. The summed E-state index contributed by atoms with van der Waals surface area (Å²) in [5, 5.41) is 2.86.